The molecule has 0 aliphatic rings. The molecule has 2 N–H and O–H groups in total. The van der Waals surface area contributed by atoms with E-state index in [0.717, 1.165) is 11.1 Å². The molecule has 0 unspecified atom stereocenters. The maximum atomic E-state index is 12.6. The van der Waals surface area contributed by atoms with Crippen LogP contribution in [0.1, 0.15) is 37.8 Å². The van der Waals surface area contributed by atoms with Crippen LogP contribution in [0, 0.1) is 11.8 Å². The van der Waals surface area contributed by atoms with Crippen molar-refractivity contribution >= 4 is 5.78 Å². The fourth-order valence-corrected chi connectivity index (χ4v) is 2.78. The van der Waals surface area contributed by atoms with Crippen molar-refractivity contribution in [3.05, 3.63) is 71.8 Å². The highest BCUT2D eigenvalue weighted by Crippen LogP contribution is 2.10. The van der Waals surface area contributed by atoms with Gasteiger partial charge in [0.15, 0.2) is 6.10 Å². The summed E-state index contributed by atoms with van der Waals surface area (Å²) < 4.78 is 11.5. The lowest BCUT2D eigenvalue weighted by Gasteiger charge is -2.17. The number of ether oxygens (including phenoxy) is 2. The van der Waals surface area contributed by atoms with E-state index >= 15 is 0 Å². The van der Waals surface area contributed by atoms with Crippen LogP contribution in [-0.2, 0) is 27.5 Å². The highest BCUT2D eigenvalue weighted by atomic mass is 16.5. The summed E-state index contributed by atoms with van der Waals surface area (Å²) >= 11 is 0. The first-order chi connectivity index (χ1) is 14.5. The maximum Gasteiger partial charge on any atom is 0.236 e. The lowest BCUT2D eigenvalue weighted by atomic mass is 10.1. The van der Waals surface area contributed by atoms with Gasteiger partial charge in [-0.15, -0.1) is 0 Å². The minimum Gasteiger partial charge on any atom is -0.393 e. The molecule has 30 heavy (non-hydrogen) atoms. The van der Waals surface area contributed by atoms with Gasteiger partial charge in [-0.05, 0) is 43.7 Å². The Morgan fingerprint density at radius 1 is 0.867 bits per heavy atom. The summed E-state index contributed by atoms with van der Waals surface area (Å²) in [6.07, 6.45) is -2.01. The number of carbonyl (C=O) groups excluding carboxylic acids is 1. The molecule has 160 valence electrons. The summed E-state index contributed by atoms with van der Waals surface area (Å²) in [5, 5.41) is 19.6. The molecule has 5 nitrogen and oxygen atoms in total. The molecule has 0 spiro atoms. The minimum absolute atomic E-state index is 0.208. The van der Waals surface area contributed by atoms with Gasteiger partial charge < -0.3 is 19.7 Å². The lowest BCUT2D eigenvalue weighted by molar-refractivity contribution is -0.132. The van der Waals surface area contributed by atoms with Gasteiger partial charge in [0.1, 0.15) is 6.10 Å². The van der Waals surface area contributed by atoms with Crippen LogP contribution >= 0.6 is 0 Å². The first kappa shape index (κ1) is 23.8. The molecule has 0 bridgehead atoms. The van der Waals surface area contributed by atoms with Crippen LogP contribution < -0.4 is 0 Å². The Bertz CT molecular complexity index is 806. The zero-order chi connectivity index (χ0) is 21.8. The van der Waals surface area contributed by atoms with Gasteiger partial charge in [0, 0.05) is 0 Å². The molecule has 0 fully saturated rings. The third-order valence-corrected chi connectivity index (χ3v) is 4.47. The molecule has 5 heteroatoms. The number of aliphatic hydroxyl groups excluding tert-OH is 2. The van der Waals surface area contributed by atoms with Crippen molar-refractivity contribution in [2.24, 2.45) is 0 Å². The van der Waals surface area contributed by atoms with Crippen LogP contribution in [0.25, 0.3) is 0 Å². The monoisotopic (exact) mass is 410 g/mol. The molecule has 0 saturated carbocycles. The molecule has 0 aliphatic heterocycles. The zero-order valence-electron chi connectivity index (χ0n) is 17.5. The van der Waals surface area contributed by atoms with Crippen LogP contribution in [-0.4, -0.2) is 40.4 Å². The third kappa shape index (κ3) is 8.89. The first-order valence-electron chi connectivity index (χ1n) is 10.2. The number of ketones is 1. The van der Waals surface area contributed by atoms with E-state index < -0.39 is 30.2 Å². The van der Waals surface area contributed by atoms with Gasteiger partial charge in [-0.25, -0.2) is 0 Å². The van der Waals surface area contributed by atoms with Crippen molar-refractivity contribution in [3.8, 4) is 11.8 Å². The van der Waals surface area contributed by atoms with E-state index in [-0.39, 0.29) is 6.61 Å². The number of aliphatic hydroxyl groups is 2. The highest BCUT2D eigenvalue weighted by molar-refractivity contribution is 5.99. The second-order valence-electron chi connectivity index (χ2n) is 7.30. The Balaban J connectivity index is 2.00. The number of rotatable bonds is 11. The van der Waals surface area contributed by atoms with E-state index in [1.54, 1.807) is 6.92 Å². The smallest absolute Gasteiger partial charge is 0.236 e. The van der Waals surface area contributed by atoms with Crippen molar-refractivity contribution < 1.29 is 24.5 Å². The molecular weight excluding hydrogens is 380 g/mol. The first-order valence-corrected chi connectivity index (χ1v) is 10.2. The Morgan fingerprint density at radius 3 is 1.90 bits per heavy atom. The Morgan fingerprint density at radius 2 is 1.40 bits per heavy atom. The van der Waals surface area contributed by atoms with Gasteiger partial charge in [0.25, 0.3) is 0 Å². The summed E-state index contributed by atoms with van der Waals surface area (Å²) in [7, 11) is 0. The van der Waals surface area contributed by atoms with E-state index in [9.17, 15) is 15.0 Å². The molecule has 0 aromatic heterocycles. The topological polar surface area (TPSA) is 76.0 Å². The zero-order valence-corrected chi connectivity index (χ0v) is 17.5. The third-order valence-electron chi connectivity index (χ3n) is 4.47. The molecule has 4 atom stereocenters. The number of hydrogen-bond acceptors (Lipinski definition) is 5. The molecule has 2 aromatic rings. The van der Waals surface area contributed by atoms with Crippen molar-refractivity contribution in [2.75, 3.05) is 0 Å². The van der Waals surface area contributed by atoms with Crippen LogP contribution in [0.4, 0.5) is 0 Å². The Labute approximate surface area is 178 Å². The number of Topliss-reactive ketones (excluding diaryl/α,β-unsaturated/α-hetero) is 1. The highest BCUT2D eigenvalue weighted by Gasteiger charge is 2.23. The van der Waals surface area contributed by atoms with E-state index in [2.05, 4.69) is 11.8 Å². The van der Waals surface area contributed by atoms with E-state index in [1.165, 1.54) is 6.92 Å². The van der Waals surface area contributed by atoms with Gasteiger partial charge in [0.2, 0.25) is 5.78 Å². The lowest BCUT2D eigenvalue weighted by Crippen LogP contribution is -2.34. The van der Waals surface area contributed by atoms with Crippen molar-refractivity contribution in [2.45, 2.75) is 64.3 Å². The summed E-state index contributed by atoms with van der Waals surface area (Å²) in [5.41, 5.74) is 1.91. The summed E-state index contributed by atoms with van der Waals surface area (Å²) in [6.45, 7) is 3.78. The van der Waals surface area contributed by atoms with Gasteiger partial charge in [-0.3, -0.25) is 4.79 Å². The Kier molecular flexibility index (Phi) is 10.3. The van der Waals surface area contributed by atoms with Gasteiger partial charge in [-0.1, -0.05) is 66.6 Å². The summed E-state index contributed by atoms with van der Waals surface area (Å²) in [5.74, 6) is 4.94. The van der Waals surface area contributed by atoms with Crippen LogP contribution in [0.5, 0.6) is 0 Å². The fraction of sp³-hybridized carbons (Fsp3) is 0.400. The van der Waals surface area contributed by atoms with Gasteiger partial charge in [-0.2, -0.15) is 0 Å². The average molecular weight is 411 g/mol. The van der Waals surface area contributed by atoms with Gasteiger partial charge in [0.05, 0.1) is 25.4 Å². The van der Waals surface area contributed by atoms with E-state index in [0.29, 0.717) is 19.4 Å². The molecule has 0 heterocycles. The fourth-order valence-electron chi connectivity index (χ4n) is 2.78. The quantitative estimate of drug-likeness (QED) is 0.439. The molecule has 0 radical (unpaired) electrons. The molecule has 0 aliphatic carbocycles. The second kappa shape index (κ2) is 12.9. The SMILES string of the molecule is C[C@H](O)[C@H](OCc1ccccc1)C(=O)C#C[C@H](CC[C@@H](C)O)OCc1ccccc1. The van der Waals surface area contributed by atoms with Crippen molar-refractivity contribution in [3.63, 3.8) is 0 Å². The van der Waals surface area contributed by atoms with Crippen molar-refractivity contribution in [1.82, 2.24) is 0 Å². The molecule has 2 rings (SSSR count). The number of hydrogen-bond donors (Lipinski definition) is 2. The normalized spacial score (nSPS) is 14.8. The summed E-state index contributed by atoms with van der Waals surface area (Å²) in [4.78, 5) is 12.6. The molecule has 0 saturated heterocycles. The maximum absolute atomic E-state index is 12.6. The van der Waals surface area contributed by atoms with E-state index in [1.807, 2.05) is 60.7 Å². The molecule has 0 amide bonds. The minimum atomic E-state index is -1.04. The van der Waals surface area contributed by atoms with Crippen LogP contribution in [0.15, 0.2) is 60.7 Å². The van der Waals surface area contributed by atoms with Gasteiger partial charge >= 0.3 is 0 Å². The number of benzene rings is 2. The second-order valence-corrected chi connectivity index (χ2v) is 7.30. The standard InChI is InChI=1S/C25H30O5/c1-19(26)13-14-23(29-17-21-9-5-3-6-10-21)15-16-24(28)25(20(2)27)30-18-22-11-7-4-8-12-22/h3-12,19-20,23,25-27H,13-14,17-18H2,1-2H3/t19-,20+,23+,25+/m1/s1. The van der Waals surface area contributed by atoms with Crippen molar-refractivity contribution in [1.29, 1.82) is 0 Å². The van der Waals surface area contributed by atoms with E-state index in [4.69, 9.17) is 9.47 Å². The van der Waals surface area contributed by atoms with Crippen LogP contribution in [0.3, 0.4) is 0 Å². The number of carbonyl (C=O) groups is 1. The Hall–Kier alpha value is -2.49. The predicted molar refractivity (Wildman–Crippen MR) is 115 cm³/mol. The predicted octanol–water partition coefficient (Wildman–Crippen LogP) is 3.27. The van der Waals surface area contributed by atoms with Crippen LogP contribution in [0.2, 0.25) is 0 Å². The average Bonchev–Trinajstić information content (AvgIpc) is 2.74. The largest absolute Gasteiger partial charge is 0.393 e. The molecular formula is C25H30O5. The summed E-state index contributed by atoms with van der Waals surface area (Å²) in [6, 6.07) is 19.1. The molecule has 2 aromatic carbocycles.